The molecule has 0 aliphatic carbocycles. The molecule has 0 heterocycles. The summed E-state index contributed by atoms with van der Waals surface area (Å²) in [5.41, 5.74) is 5.89. The van der Waals surface area contributed by atoms with Crippen molar-refractivity contribution in [2.24, 2.45) is 5.73 Å². The molecule has 1 radical (unpaired) electrons. The summed E-state index contributed by atoms with van der Waals surface area (Å²) in [6.07, 6.45) is 3.41. The minimum atomic E-state index is -0.333. The van der Waals surface area contributed by atoms with Gasteiger partial charge in [-0.2, -0.15) is 0 Å². The Hall–Kier alpha value is -1.31. The smallest absolute Gasteiger partial charge is 0.214 e. The first-order valence-corrected chi connectivity index (χ1v) is 4.76. The van der Waals surface area contributed by atoms with Gasteiger partial charge in [0.25, 0.3) is 0 Å². The number of hydrogen-bond donors (Lipinski definition) is 1. The minimum Gasteiger partial charge on any atom is -0.370 e. The average molecular weight is 192 g/mol. The fourth-order valence-corrected chi connectivity index (χ4v) is 0.974. The van der Waals surface area contributed by atoms with Crippen molar-refractivity contribution in [3.63, 3.8) is 0 Å². The number of primary amides is 1. The summed E-state index contributed by atoms with van der Waals surface area (Å²) in [7, 11) is 0. The Morgan fingerprint density at radius 3 is 2.29 bits per heavy atom. The highest BCUT2D eigenvalue weighted by Gasteiger charge is 1.87. The number of unbranched alkanes of at least 4 members (excludes halogenated alkanes) is 1. The van der Waals surface area contributed by atoms with E-state index in [0.29, 0.717) is 0 Å². The molecule has 0 spiro atoms. The van der Waals surface area contributed by atoms with Crippen molar-refractivity contribution in [2.45, 2.75) is 26.2 Å². The molecule has 1 rings (SSSR count). The zero-order valence-electron chi connectivity index (χ0n) is 8.70. The maximum Gasteiger partial charge on any atom is 0.214 e. The zero-order chi connectivity index (χ0) is 10.8. The highest BCUT2D eigenvalue weighted by atomic mass is 16.1. The van der Waals surface area contributed by atoms with Crippen molar-refractivity contribution in [3.05, 3.63) is 42.8 Å². The van der Waals surface area contributed by atoms with E-state index >= 15 is 0 Å². The molecule has 0 aliphatic heterocycles. The maximum atomic E-state index is 9.22. The zero-order valence-corrected chi connectivity index (χ0v) is 8.70. The highest BCUT2D eigenvalue weighted by molar-refractivity contribution is 5.70. The summed E-state index contributed by atoms with van der Waals surface area (Å²) >= 11 is 0. The lowest BCUT2D eigenvalue weighted by Crippen LogP contribution is -2.01. The molecule has 77 valence electrons. The molecule has 2 nitrogen and oxygen atoms in total. The molecule has 0 bridgehead atoms. The third-order valence-electron chi connectivity index (χ3n) is 1.56. The summed E-state index contributed by atoms with van der Waals surface area (Å²) in [6, 6.07) is 10.5. The second kappa shape index (κ2) is 8.30. The van der Waals surface area contributed by atoms with E-state index in [0.717, 1.165) is 6.42 Å². The van der Waals surface area contributed by atoms with Crippen molar-refractivity contribution in [3.8, 4) is 0 Å². The van der Waals surface area contributed by atoms with Crippen LogP contribution >= 0.6 is 0 Å². The molecule has 2 N–H and O–H groups in total. The van der Waals surface area contributed by atoms with Gasteiger partial charge in [0.05, 0.1) is 0 Å². The van der Waals surface area contributed by atoms with E-state index in [1.807, 2.05) is 6.07 Å². The van der Waals surface area contributed by atoms with Gasteiger partial charge in [0.15, 0.2) is 0 Å². The van der Waals surface area contributed by atoms with Gasteiger partial charge < -0.3 is 5.73 Å². The van der Waals surface area contributed by atoms with Gasteiger partial charge in [-0.1, -0.05) is 43.7 Å². The van der Waals surface area contributed by atoms with Crippen LogP contribution in [0.2, 0.25) is 0 Å². The van der Waals surface area contributed by atoms with Crippen LogP contribution in [-0.2, 0) is 11.2 Å². The lowest BCUT2D eigenvalue weighted by Gasteiger charge is -1.96. The summed E-state index contributed by atoms with van der Waals surface area (Å²) in [6.45, 7) is 5.11. The first-order valence-electron chi connectivity index (χ1n) is 4.76. The van der Waals surface area contributed by atoms with E-state index in [-0.39, 0.29) is 5.91 Å². The third kappa shape index (κ3) is 8.78. The molecule has 1 amide bonds. The number of carbonyl (C=O) groups is 1. The maximum absolute atomic E-state index is 9.22. The monoisotopic (exact) mass is 192 g/mol. The van der Waals surface area contributed by atoms with Crippen molar-refractivity contribution < 1.29 is 4.79 Å². The van der Waals surface area contributed by atoms with E-state index < -0.39 is 0 Å². The first-order chi connectivity index (χ1) is 6.66. The molecular weight excluding hydrogens is 174 g/mol. The summed E-state index contributed by atoms with van der Waals surface area (Å²) in [4.78, 5) is 9.22. The molecule has 0 saturated heterocycles. The Bertz CT molecular complexity index is 240. The fourth-order valence-electron chi connectivity index (χ4n) is 0.974. The van der Waals surface area contributed by atoms with Crippen LogP contribution in [0.1, 0.15) is 25.3 Å². The van der Waals surface area contributed by atoms with Crippen LogP contribution in [0.4, 0.5) is 0 Å². The van der Waals surface area contributed by atoms with Gasteiger partial charge in [-0.15, -0.1) is 0 Å². The Morgan fingerprint density at radius 2 is 1.86 bits per heavy atom. The number of hydrogen-bond acceptors (Lipinski definition) is 1. The Balaban J connectivity index is 0.000000364. The number of benzene rings is 1. The normalized spacial score (nSPS) is 8.71. The van der Waals surface area contributed by atoms with E-state index in [1.54, 1.807) is 0 Å². The second-order valence-electron chi connectivity index (χ2n) is 3.05. The standard InChI is InChI=1S/C10H13.C2H5NO/c1-2-3-7-10-8-5-4-6-9-10;1-2(3)4/h4-6,8-9H,1-3,7H2;1H3,(H2,3,4). The lowest BCUT2D eigenvalue weighted by atomic mass is 10.1. The number of aryl methyl sites for hydroxylation is 1. The molecule has 1 aromatic rings. The van der Waals surface area contributed by atoms with Crippen LogP contribution in [0, 0.1) is 6.92 Å². The first kappa shape index (κ1) is 12.7. The number of amides is 1. The van der Waals surface area contributed by atoms with Crippen molar-refractivity contribution in [1.29, 1.82) is 0 Å². The molecule has 0 fully saturated rings. The molecule has 0 saturated carbocycles. The van der Waals surface area contributed by atoms with Gasteiger partial charge in [-0.05, 0) is 18.4 Å². The van der Waals surface area contributed by atoms with Crippen LogP contribution < -0.4 is 5.73 Å². The predicted octanol–water partition coefficient (Wildman–Crippen LogP) is 2.33. The highest BCUT2D eigenvalue weighted by Crippen LogP contribution is 2.02. The Kier molecular flexibility index (Phi) is 7.52. The minimum absolute atomic E-state index is 0.333. The Labute approximate surface area is 86.1 Å². The number of rotatable bonds is 3. The second-order valence-corrected chi connectivity index (χ2v) is 3.05. The topological polar surface area (TPSA) is 43.1 Å². The molecule has 0 aromatic heterocycles. The van der Waals surface area contributed by atoms with E-state index in [9.17, 15) is 4.79 Å². The largest absolute Gasteiger partial charge is 0.370 e. The molecule has 14 heavy (non-hydrogen) atoms. The van der Waals surface area contributed by atoms with E-state index in [4.69, 9.17) is 0 Å². The van der Waals surface area contributed by atoms with Crippen molar-refractivity contribution >= 4 is 5.91 Å². The van der Waals surface area contributed by atoms with Crippen LogP contribution in [0.25, 0.3) is 0 Å². The molecular formula is C12H18NO. The number of nitrogens with two attached hydrogens (primary N) is 1. The predicted molar refractivity (Wildman–Crippen MR) is 59.6 cm³/mol. The lowest BCUT2D eigenvalue weighted by molar-refractivity contribution is -0.115. The van der Waals surface area contributed by atoms with Crippen molar-refractivity contribution in [2.75, 3.05) is 0 Å². The van der Waals surface area contributed by atoms with Gasteiger partial charge in [0, 0.05) is 6.92 Å². The molecule has 0 atom stereocenters. The van der Waals surface area contributed by atoms with E-state index in [2.05, 4.69) is 36.9 Å². The van der Waals surface area contributed by atoms with Crippen LogP contribution in [-0.4, -0.2) is 5.91 Å². The number of carbonyl (C=O) groups excluding carboxylic acids is 1. The average Bonchev–Trinajstić information content (AvgIpc) is 2.15. The van der Waals surface area contributed by atoms with Crippen LogP contribution in [0.3, 0.4) is 0 Å². The summed E-state index contributed by atoms with van der Waals surface area (Å²) in [5, 5.41) is 0. The van der Waals surface area contributed by atoms with Gasteiger partial charge in [-0.25, -0.2) is 0 Å². The van der Waals surface area contributed by atoms with Gasteiger partial charge >= 0.3 is 0 Å². The molecule has 0 aliphatic rings. The molecule has 2 heteroatoms. The van der Waals surface area contributed by atoms with Gasteiger partial charge in [0.2, 0.25) is 5.91 Å². The quantitative estimate of drug-likeness (QED) is 0.784. The summed E-state index contributed by atoms with van der Waals surface area (Å²) < 4.78 is 0. The van der Waals surface area contributed by atoms with Crippen LogP contribution in [0.5, 0.6) is 0 Å². The fraction of sp³-hybridized carbons (Fsp3) is 0.333. The van der Waals surface area contributed by atoms with Gasteiger partial charge in [0.1, 0.15) is 0 Å². The Morgan fingerprint density at radius 1 is 1.36 bits per heavy atom. The molecule has 1 aromatic carbocycles. The SMILES string of the molecule is CC(N)=O.[CH2]CCCc1ccccc1. The molecule has 0 unspecified atom stereocenters. The van der Waals surface area contributed by atoms with Crippen LogP contribution in [0.15, 0.2) is 30.3 Å². The van der Waals surface area contributed by atoms with Gasteiger partial charge in [-0.3, -0.25) is 4.79 Å². The van der Waals surface area contributed by atoms with E-state index in [1.165, 1.54) is 25.3 Å². The summed E-state index contributed by atoms with van der Waals surface area (Å²) in [5.74, 6) is -0.333. The third-order valence-corrected chi connectivity index (χ3v) is 1.56. The van der Waals surface area contributed by atoms with Crippen molar-refractivity contribution in [1.82, 2.24) is 0 Å².